The van der Waals surface area contributed by atoms with E-state index in [-0.39, 0.29) is 0 Å². The zero-order chi connectivity index (χ0) is 16.1. The van der Waals surface area contributed by atoms with Crippen LogP contribution in [0.2, 0.25) is 0 Å². The van der Waals surface area contributed by atoms with Crippen LogP contribution >= 0.6 is 0 Å². The molecule has 0 saturated heterocycles. The summed E-state index contributed by atoms with van der Waals surface area (Å²) >= 11 is 0. The molecule has 0 aromatic heterocycles. The zero-order valence-corrected chi connectivity index (χ0v) is 15.5. The fourth-order valence-corrected chi connectivity index (χ4v) is 3.05. The third-order valence-electron chi connectivity index (χ3n) is 4.56. The Bertz CT molecular complexity index is 163. The molecule has 0 aliphatic heterocycles. The molecule has 0 spiro atoms. The van der Waals surface area contributed by atoms with Crippen molar-refractivity contribution in [3.05, 3.63) is 0 Å². The maximum Gasteiger partial charge on any atom is -0.00490 e. The molecule has 2 heteroatoms. The van der Waals surface area contributed by atoms with Crippen molar-refractivity contribution in [2.75, 3.05) is 19.6 Å². The van der Waals surface area contributed by atoms with Gasteiger partial charge in [-0.3, -0.25) is 0 Å². The maximum absolute atomic E-state index is 5.50. The molecule has 134 valence electrons. The topological polar surface area (TPSA) is 38.0 Å². The van der Waals surface area contributed by atoms with Gasteiger partial charge in [-0.15, -0.1) is 0 Å². The summed E-state index contributed by atoms with van der Waals surface area (Å²) in [6, 6.07) is 0. The van der Waals surface area contributed by atoms with Crippen molar-refractivity contribution < 1.29 is 0 Å². The van der Waals surface area contributed by atoms with Crippen LogP contribution in [0.5, 0.6) is 0 Å². The van der Waals surface area contributed by atoms with E-state index in [9.17, 15) is 0 Å². The largest absolute Gasteiger partial charge is 0.330 e. The molecule has 0 saturated carbocycles. The molecule has 0 heterocycles. The highest BCUT2D eigenvalue weighted by Gasteiger charge is 1.94. The van der Waals surface area contributed by atoms with Gasteiger partial charge in [0.2, 0.25) is 0 Å². The molecule has 2 nitrogen and oxygen atoms in total. The van der Waals surface area contributed by atoms with E-state index in [0.717, 1.165) is 13.1 Å². The number of nitrogens with two attached hydrogens (primary N) is 1. The number of hydrogen-bond donors (Lipinski definition) is 2. The van der Waals surface area contributed by atoms with Crippen LogP contribution in [0.15, 0.2) is 0 Å². The van der Waals surface area contributed by atoms with E-state index in [2.05, 4.69) is 12.2 Å². The Balaban J connectivity index is 2.91. The third kappa shape index (κ3) is 19.9. The Morgan fingerprint density at radius 3 is 1.14 bits per heavy atom. The normalized spacial score (nSPS) is 11.2. The van der Waals surface area contributed by atoms with Crippen LogP contribution in [-0.4, -0.2) is 19.6 Å². The summed E-state index contributed by atoms with van der Waals surface area (Å²) < 4.78 is 0. The second kappa shape index (κ2) is 20.9. The first-order valence-electron chi connectivity index (χ1n) is 10.3. The van der Waals surface area contributed by atoms with Gasteiger partial charge in [0.05, 0.1) is 0 Å². The lowest BCUT2D eigenvalue weighted by Gasteiger charge is -2.04. The maximum atomic E-state index is 5.50. The molecule has 0 aromatic carbocycles. The predicted octanol–water partition coefficient (Wildman–Crippen LogP) is 5.80. The predicted molar refractivity (Wildman–Crippen MR) is 101 cm³/mol. The van der Waals surface area contributed by atoms with Crippen LogP contribution < -0.4 is 11.1 Å². The lowest BCUT2D eigenvalue weighted by Crippen LogP contribution is -2.13. The summed E-state index contributed by atoms with van der Waals surface area (Å²) in [4.78, 5) is 0. The highest BCUT2D eigenvalue weighted by molar-refractivity contribution is 4.51. The molecule has 0 unspecified atom stereocenters. The molecule has 22 heavy (non-hydrogen) atoms. The van der Waals surface area contributed by atoms with Crippen molar-refractivity contribution >= 4 is 0 Å². The first-order valence-corrected chi connectivity index (χ1v) is 10.3. The molecule has 0 aliphatic rings. The van der Waals surface area contributed by atoms with Crippen LogP contribution in [0, 0.1) is 0 Å². The average molecular weight is 313 g/mol. The first kappa shape index (κ1) is 21.9. The van der Waals surface area contributed by atoms with Crippen molar-refractivity contribution in [2.24, 2.45) is 5.73 Å². The highest BCUT2D eigenvalue weighted by atomic mass is 14.8. The van der Waals surface area contributed by atoms with Crippen molar-refractivity contribution in [3.63, 3.8) is 0 Å². The van der Waals surface area contributed by atoms with Gasteiger partial charge in [0.25, 0.3) is 0 Å². The van der Waals surface area contributed by atoms with Crippen molar-refractivity contribution in [2.45, 2.75) is 110 Å². The van der Waals surface area contributed by atoms with E-state index in [1.807, 2.05) is 0 Å². The molecule has 0 aliphatic carbocycles. The van der Waals surface area contributed by atoms with Gasteiger partial charge in [-0.25, -0.2) is 0 Å². The lowest BCUT2D eigenvalue weighted by atomic mass is 10.0. The minimum atomic E-state index is 0.871. The van der Waals surface area contributed by atoms with Crippen molar-refractivity contribution in [1.29, 1.82) is 0 Å². The van der Waals surface area contributed by atoms with E-state index in [0.29, 0.717) is 0 Å². The number of hydrogen-bond acceptors (Lipinski definition) is 2. The average Bonchev–Trinajstić information content (AvgIpc) is 2.54. The van der Waals surface area contributed by atoms with E-state index >= 15 is 0 Å². The van der Waals surface area contributed by atoms with E-state index in [4.69, 9.17) is 5.73 Å². The molecule has 0 aromatic rings. The van der Waals surface area contributed by atoms with Gasteiger partial charge in [0, 0.05) is 0 Å². The molecule has 0 radical (unpaired) electrons. The van der Waals surface area contributed by atoms with Gasteiger partial charge in [-0.2, -0.15) is 0 Å². The molecule has 0 rings (SSSR count). The molecule has 0 bridgehead atoms. The second-order valence-corrected chi connectivity index (χ2v) is 6.80. The molecule has 0 atom stereocenters. The highest BCUT2D eigenvalue weighted by Crippen LogP contribution is 2.13. The van der Waals surface area contributed by atoms with Crippen LogP contribution in [0.1, 0.15) is 110 Å². The Labute approximate surface area is 141 Å². The number of rotatable bonds is 19. The fraction of sp³-hybridized carbons (Fsp3) is 1.00. The minimum Gasteiger partial charge on any atom is -0.330 e. The minimum absolute atomic E-state index is 0.871. The summed E-state index contributed by atoms with van der Waals surface area (Å²) in [7, 11) is 0. The smallest absolute Gasteiger partial charge is 0.00490 e. The van der Waals surface area contributed by atoms with Gasteiger partial charge in [0.15, 0.2) is 0 Å². The molecule has 0 fully saturated rings. The second-order valence-electron chi connectivity index (χ2n) is 6.80. The van der Waals surface area contributed by atoms with Crippen LogP contribution in [0.25, 0.3) is 0 Å². The Morgan fingerprint density at radius 2 is 0.818 bits per heavy atom. The van der Waals surface area contributed by atoms with Crippen LogP contribution in [-0.2, 0) is 0 Å². The van der Waals surface area contributed by atoms with Gasteiger partial charge >= 0.3 is 0 Å². The van der Waals surface area contributed by atoms with Crippen LogP contribution in [0.3, 0.4) is 0 Å². The van der Waals surface area contributed by atoms with Gasteiger partial charge in [-0.05, 0) is 32.5 Å². The standard InChI is InChI=1S/C20H44N2/c1-2-22-20-18-16-14-12-10-8-6-4-3-5-7-9-11-13-15-17-19-21/h22H,2-21H2,1H3. The van der Waals surface area contributed by atoms with Crippen molar-refractivity contribution in [3.8, 4) is 0 Å². The van der Waals surface area contributed by atoms with Crippen molar-refractivity contribution in [1.82, 2.24) is 5.32 Å². The summed E-state index contributed by atoms with van der Waals surface area (Å²) in [6.45, 7) is 5.39. The molecule has 0 amide bonds. The van der Waals surface area contributed by atoms with Gasteiger partial charge in [-0.1, -0.05) is 96.8 Å². The first-order chi connectivity index (χ1) is 10.9. The zero-order valence-electron chi connectivity index (χ0n) is 15.5. The fourth-order valence-electron chi connectivity index (χ4n) is 3.05. The third-order valence-corrected chi connectivity index (χ3v) is 4.56. The van der Waals surface area contributed by atoms with Crippen LogP contribution in [0.4, 0.5) is 0 Å². The quantitative estimate of drug-likeness (QED) is 0.296. The summed E-state index contributed by atoms with van der Waals surface area (Å²) in [6.07, 6.45) is 22.7. The molecule has 3 N–H and O–H groups in total. The summed E-state index contributed by atoms with van der Waals surface area (Å²) in [5, 5.41) is 3.40. The monoisotopic (exact) mass is 312 g/mol. The molecular formula is C20H44N2. The van der Waals surface area contributed by atoms with E-state index < -0.39 is 0 Å². The molecular weight excluding hydrogens is 268 g/mol. The van der Waals surface area contributed by atoms with Gasteiger partial charge < -0.3 is 11.1 Å². The summed E-state index contributed by atoms with van der Waals surface area (Å²) in [5.41, 5.74) is 5.50. The van der Waals surface area contributed by atoms with E-state index in [1.54, 1.807) is 0 Å². The van der Waals surface area contributed by atoms with Gasteiger partial charge in [0.1, 0.15) is 0 Å². The Morgan fingerprint density at radius 1 is 0.500 bits per heavy atom. The number of nitrogens with one attached hydrogen (secondary N) is 1. The van der Waals surface area contributed by atoms with E-state index in [1.165, 1.54) is 109 Å². The lowest BCUT2D eigenvalue weighted by molar-refractivity contribution is 0.525. The SMILES string of the molecule is CCNCCCCCCCCCCCCCCCCCCN. The summed E-state index contributed by atoms with van der Waals surface area (Å²) in [5.74, 6) is 0. The number of unbranched alkanes of at least 4 members (excludes halogenated alkanes) is 15. The Hall–Kier alpha value is -0.0800. The Kier molecular flexibility index (Phi) is 20.8.